The van der Waals surface area contributed by atoms with Crippen molar-refractivity contribution in [2.45, 2.75) is 36.0 Å². The van der Waals surface area contributed by atoms with E-state index in [-0.39, 0.29) is 21.1 Å². The van der Waals surface area contributed by atoms with Crippen molar-refractivity contribution in [3.05, 3.63) is 46.2 Å². The number of rotatable bonds is 7. The summed E-state index contributed by atoms with van der Waals surface area (Å²) >= 11 is 2.94. The van der Waals surface area contributed by atoms with E-state index < -0.39 is 10.0 Å². The van der Waals surface area contributed by atoms with E-state index in [9.17, 15) is 13.2 Å². The summed E-state index contributed by atoms with van der Waals surface area (Å²) in [5.41, 5.74) is 0.919. The van der Waals surface area contributed by atoms with Crippen molar-refractivity contribution < 1.29 is 17.9 Å². The molecule has 1 N–H and O–H groups in total. The molecule has 1 saturated carbocycles. The molecule has 1 aliphatic carbocycles. The zero-order chi connectivity index (χ0) is 21.9. The van der Waals surface area contributed by atoms with Crippen molar-refractivity contribution in [2.24, 2.45) is 0 Å². The van der Waals surface area contributed by atoms with E-state index in [0.717, 1.165) is 48.5 Å². The normalized spacial score (nSPS) is 19.3. The van der Waals surface area contributed by atoms with Crippen LogP contribution in [0, 0.1) is 0 Å². The van der Waals surface area contributed by atoms with Crippen molar-refractivity contribution in [1.82, 2.24) is 9.62 Å². The summed E-state index contributed by atoms with van der Waals surface area (Å²) in [5.74, 6) is 2.08. The molecule has 0 unspecified atom stereocenters. The lowest BCUT2D eigenvalue weighted by atomic mass is 9.78. The number of hydrogen-bond donors (Lipinski definition) is 1. The number of nitrogens with one attached hydrogen (secondary N) is 1. The topological polar surface area (TPSA) is 75.7 Å². The molecule has 0 spiro atoms. The largest absolute Gasteiger partial charge is 0.496 e. The first-order valence-corrected chi connectivity index (χ1v) is 14.0. The van der Waals surface area contributed by atoms with Crippen molar-refractivity contribution in [2.75, 3.05) is 38.2 Å². The first-order chi connectivity index (χ1) is 15.0. The molecule has 0 radical (unpaired) electrons. The van der Waals surface area contributed by atoms with Crippen LogP contribution >= 0.6 is 23.1 Å². The molecule has 2 aromatic rings. The minimum Gasteiger partial charge on any atom is -0.496 e. The van der Waals surface area contributed by atoms with Gasteiger partial charge >= 0.3 is 0 Å². The highest BCUT2D eigenvalue weighted by molar-refractivity contribution is 7.99. The van der Waals surface area contributed by atoms with Gasteiger partial charge in [0, 0.05) is 42.1 Å². The Bertz CT molecular complexity index is 1020. The lowest BCUT2D eigenvalue weighted by Gasteiger charge is -2.31. The van der Waals surface area contributed by atoms with Gasteiger partial charge in [0.25, 0.3) is 5.91 Å². The third kappa shape index (κ3) is 4.51. The third-order valence-corrected chi connectivity index (χ3v) is 10.2. The van der Waals surface area contributed by atoms with Gasteiger partial charge in [0.05, 0.1) is 7.11 Å². The van der Waals surface area contributed by atoms with E-state index in [1.54, 1.807) is 30.3 Å². The molecule has 1 saturated heterocycles. The Morgan fingerprint density at radius 1 is 1.16 bits per heavy atom. The lowest BCUT2D eigenvalue weighted by Crippen LogP contribution is -2.40. The first-order valence-electron chi connectivity index (χ1n) is 10.5. The molecule has 1 aromatic heterocycles. The van der Waals surface area contributed by atoms with Gasteiger partial charge in [0.2, 0.25) is 10.0 Å². The number of thioether (sulfide) groups is 1. The quantitative estimate of drug-likeness (QED) is 0.653. The maximum atomic E-state index is 13.1. The smallest absolute Gasteiger partial charge is 0.262 e. The highest BCUT2D eigenvalue weighted by atomic mass is 32.2. The lowest BCUT2D eigenvalue weighted by molar-refractivity contribution is 0.0943. The number of hydrogen-bond acceptors (Lipinski definition) is 6. The Morgan fingerprint density at radius 3 is 2.58 bits per heavy atom. The van der Waals surface area contributed by atoms with Crippen LogP contribution in [-0.2, 0) is 15.4 Å². The summed E-state index contributed by atoms with van der Waals surface area (Å²) in [7, 11) is -1.99. The Kier molecular flexibility index (Phi) is 6.95. The number of carbonyl (C=O) groups excluding carboxylic acids is 1. The van der Waals surface area contributed by atoms with Gasteiger partial charge in [-0.1, -0.05) is 31.0 Å². The van der Waals surface area contributed by atoms with E-state index in [0.29, 0.717) is 19.6 Å². The second-order valence-electron chi connectivity index (χ2n) is 8.00. The van der Waals surface area contributed by atoms with Gasteiger partial charge < -0.3 is 10.1 Å². The van der Waals surface area contributed by atoms with E-state index >= 15 is 0 Å². The van der Waals surface area contributed by atoms with Gasteiger partial charge in [-0.05, 0) is 30.4 Å². The summed E-state index contributed by atoms with van der Waals surface area (Å²) in [6, 6.07) is 9.54. The fraction of sp³-hybridized carbons (Fsp3) is 0.500. The van der Waals surface area contributed by atoms with E-state index in [4.69, 9.17) is 4.74 Å². The van der Waals surface area contributed by atoms with Crippen LogP contribution in [-0.4, -0.2) is 56.9 Å². The molecular formula is C22H28N2O4S3. The molecule has 168 valence electrons. The highest BCUT2D eigenvalue weighted by Crippen LogP contribution is 2.44. The molecular weight excluding hydrogens is 452 g/mol. The Morgan fingerprint density at radius 2 is 1.87 bits per heavy atom. The van der Waals surface area contributed by atoms with Gasteiger partial charge in [-0.3, -0.25) is 4.79 Å². The van der Waals surface area contributed by atoms with Crippen LogP contribution in [0.25, 0.3) is 0 Å². The van der Waals surface area contributed by atoms with Gasteiger partial charge in [0.15, 0.2) is 0 Å². The summed E-state index contributed by atoms with van der Waals surface area (Å²) in [6.07, 6.45) is 4.13. The van der Waals surface area contributed by atoms with Crippen LogP contribution in [0.5, 0.6) is 5.75 Å². The van der Waals surface area contributed by atoms with Crippen LogP contribution in [0.4, 0.5) is 0 Å². The van der Waals surface area contributed by atoms with Crippen LogP contribution in [0.3, 0.4) is 0 Å². The second-order valence-corrected chi connectivity index (χ2v) is 12.0. The maximum absolute atomic E-state index is 13.1. The first kappa shape index (κ1) is 22.6. The Balaban J connectivity index is 1.55. The average molecular weight is 481 g/mol. The molecule has 9 heteroatoms. The number of para-hydroxylation sites is 1. The zero-order valence-electron chi connectivity index (χ0n) is 17.6. The molecule has 1 aliphatic heterocycles. The Hall–Kier alpha value is -1.55. The number of carbonyl (C=O) groups is 1. The molecule has 1 aromatic carbocycles. The van der Waals surface area contributed by atoms with Crippen molar-refractivity contribution in [1.29, 1.82) is 0 Å². The number of ether oxygens (including phenoxy) is 1. The molecule has 31 heavy (non-hydrogen) atoms. The molecule has 4 rings (SSSR count). The second kappa shape index (κ2) is 9.52. The van der Waals surface area contributed by atoms with Crippen molar-refractivity contribution >= 4 is 39.0 Å². The summed E-state index contributed by atoms with van der Waals surface area (Å²) in [6.45, 7) is 1.44. The molecule has 6 nitrogen and oxygen atoms in total. The summed E-state index contributed by atoms with van der Waals surface area (Å²) < 4.78 is 33.3. The van der Waals surface area contributed by atoms with Gasteiger partial charge in [-0.2, -0.15) is 16.1 Å². The fourth-order valence-corrected chi connectivity index (χ4v) is 8.49. The van der Waals surface area contributed by atoms with E-state index in [2.05, 4.69) is 11.4 Å². The minimum absolute atomic E-state index is 0.125. The predicted octanol–water partition coefficient (Wildman–Crippen LogP) is 3.74. The number of benzene rings is 1. The van der Waals surface area contributed by atoms with Crippen LogP contribution in [0.15, 0.2) is 40.6 Å². The van der Waals surface area contributed by atoms with Crippen molar-refractivity contribution in [3.63, 3.8) is 0 Å². The summed E-state index contributed by atoms with van der Waals surface area (Å²) in [5, 5.41) is 4.75. The van der Waals surface area contributed by atoms with Crippen LogP contribution in [0.1, 0.15) is 40.9 Å². The van der Waals surface area contributed by atoms with Crippen LogP contribution < -0.4 is 10.1 Å². The molecule has 2 aliphatic rings. The predicted molar refractivity (Wildman–Crippen MR) is 126 cm³/mol. The number of thiophene rings is 1. The number of methoxy groups -OCH3 is 1. The zero-order valence-corrected chi connectivity index (χ0v) is 20.1. The molecule has 1 amide bonds. The van der Waals surface area contributed by atoms with Gasteiger partial charge in [0.1, 0.15) is 15.5 Å². The molecule has 2 heterocycles. The maximum Gasteiger partial charge on any atom is 0.262 e. The van der Waals surface area contributed by atoms with E-state index in [1.165, 1.54) is 15.6 Å². The average Bonchev–Trinajstić information content (AvgIpc) is 3.49. The minimum atomic E-state index is -3.66. The number of amides is 1. The van der Waals surface area contributed by atoms with Gasteiger partial charge in [-0.15, -0.1) is 11.3 Å². The summed E-state index contributed by atoms with van der Waals surface area (Å²) in [4.78, 5) is 13.5. The Labute approximate surface area is 192 Å². The van der Waals surface area contributed by atoms with E-state index in [1.807, 2.05) is 18.2 Å². The third-order valence-electron chi connectivity index (χ3n) is 6.25. The number of nitrogens with zero attached hydrogens (tertiary/aromatic N) is 1. The molecule has 2 fully saturated rings. The highest BCUT2D eigenvalue weighted by Gasteiger charge is 2.39. The fourth-order valence-electron chi connectivity index (χ4n) is 4.60. The standard InChI is InChI=1S/C22H28N2O4S3/c1-28-18-7-3-2-6-17(18)22(9-4-5-10-22)16-23-21(25)20-19(8-13-30-20)31(26,27)24-11-14-29-15-12-24/h2-3,6-8,13H,4-5,9-12,14-16H2,1H3,(H,23,25). The van der Waals surface area contributed by atoms with Crippen molar-refractivity contribution in [3.8, 4) is 5.75 Å². The molecule has 0 bridgehead atoms. The SMILES string of the molecule is COc1ccccc1C1(CNC(=O)c2sccc2S(=O)(=O)N2CCSCC2)CCCC1. The van der Waals surface area contributed by atoms with Gasteiger partial charge in [-0.25, -0.2) is 8.42 Å². The molecule has 0 atom stereocenters. The number of sulfonamides is 1. The monoisotopic (exact) mass is 480 g/mol. The van der Waals surface area contributed by atoms with Crippen LogP contribution in [0.2, 0.25) is 0 Å².